The minimum atomic E-state index is -0.460. The molecule has 3 N–H and O–H groups in total. The molecule has 182 valence electrons. The molecule has 0 spiro atoms. The van der Waals surface area contributed by atoms with Gasteiger partial charge in [-0.25, -0.2) is 9.18 Å². The number of carbonyl (C=O) groups is 1. The zero-order valence-corrected chi connectivity index (χ0v) is 19.9. The van der Waals surface area contributed by atoms with Crippen LogP contribution in [0.3, 0.4) is 0 Å². The quantitative estimate of drug-likeness (QED) is 0.204. The number of hydrogen-bond acceptors (Lipinski definition) is 6. The molecule has 0 saturated carbocycles. The van der Waals surface area contributed by atoms with Crippen molar-refractivity contribution in [1.82, 2.24) is 5.16 Å². The second-order valence-corrected chi connectivity index (χ2v) is 6.96. The van der Waals surface area contributed by atoms with Gasteiger partial charge in [-0.15, -0.1) is 0 Å². The highest BCUT2D eigenvalue weighted by Gasteiger charge is 2.16. The van der Waals surface area contributed by atoms with Crippen molar-refractivity contribution in [1.29, 1.82) is 0 Å². The number of benzene rings is 2. The zero-order chi connectivity index (χ0) is 24.9. The maximum Gasteiger partial charge on any atom is 0.331 e. The van der Waals surface area contributed by atoms with Gasteiger partial charge in [0.25, 0.3) is 0 Å². The molecule has 0 saturated heterocycles. The molecule has 1 atom stereocenters. The van der Waals surface area contributed by atoms with Crippen molar-refractivity contribution < 1.29 is 23.2 Å². The van der Waals surface area contributed by atoms with Gasteiger partial charge in [-0.05, 0) is 17.2 Å². The summed E-state index contributed by atoms with van der Waals surface area (Å²) >= 11 is 0. The number of aromatic nitrogens is 1. The fraction of sp³-hybridized carbons (Fsp3) is 0.320. The van der Waals surface area contributed by atoms with Crippen LogP contribution in [0.2, 0.25) is 0 Å². The third kappa shape index (κ3) is 7.70. The molecule has 1 heterocycles. The molecule has 1 aromatic heterocycles. The molecule has 3 rings (SSSR count). The fourth-order valence-corrected chi connectivity index (χ4v) is 2.99. The number of nitrogens with zero attached hydrogens (tertiary/aromatic N) is 2. The first-order valence-corrected chi connectivity index (χ1v) is 11.0. The first-order valence-electron chi connectivity index (χ1n) is 11.0. The molecule has 0 bridgehead atoms. The largest absolute Gasteiger partial charge is 0.467 e. The predicted octanol–water partition coefficient (Wildman–Crippen LogP) is 4.57. The van der Waals surface area contributed by atoms with E-state index in [2.05, 4.69) is 20.2 Å². The summed E-state index contributed by atoms with van der Waals surface area (Å²) in [6.45, 7) is 6.23. The molecule has 2 aromatic carbocycles. The molecule has 0 amide bonds. The van der Waals surface area contributed by atoms with Crippen molar-refractivity contribution in [3.8, 4) is 11.1 Å². The summed E-state index contributed by atoms with van der Waals surface area (Å²) < 4.78 is 29.5. The van der Waals surface area contributed by atoms with Crippen LogP contribution in [0.5, 0.6) is 0 Å². The summed E-state index contributed by atoms with van der Waals surface area (Å²) in [7, 11) is 1.29. The first-order chi connectivity index (χ1) is 16.5. The lowest BCUT2D eigenvalue weighted by Gasteiger charge is -2.11. The Balaban J connectivity index is 0.00000199. The van der Waals surface area contributed by atoms with Crippen LogP contribution in [-0.4, -0.2) is 44.0 Å². The van der Waals surface area contributed by atoms with E-state index in [9.17, 15) is 9.18 Å². The van der Waals surface area contributed by atoms with Crippen LogP contribution in [0.15, 0.2) is 64.1 Å². The Bertz CT molecular complexity index is 1070. The minimum absolute atomic E-state index is 0.111. The van der Waals surface area contributed by atoms with E-state index >= 15 is 0 Å². The van der Waals surface area contributed by atoms with Gasteiger partial charge in [0.15, 0.2) is 5.96 Å². The maximum atomic E-state index is 14.7. The summed E-state index contributed by atoms with van der Waals surface area (Å²) in [5, 5.41) is 6.85. The Labute approximate surface area is 199 Å². The van der Waals surface area contributed by atoms with E-state index in [1.807, 2.05) is 57.2 Å². The number of nitrogens with one attached hydrogen (secondary N) is 1. The highest BCUT2D eigenvalue weighted by Crippen LogP contribution is 2.29. The smallest absolute Gasteiger partial charge is 0.331 e. The molecule has 0 fully saturated rings. The van der Waals surface area contributed by atoms with Crippen molar-refractivity contribution in [3.63, 3.8) is 0 Å². The van der Waals surface area contributed by atoms with Gasteiger partial charge in [0, 0.05) is 17.5 Å². The SMILES string of the molecule is CC.COC(=O)COCCN=C(N)Nc1cc(C(C)c2ccc(-c3ccccc3)c(F)c2)no1. The van der Waals surface area contributed by atoms with E-state index in [4.69, 9.17) is 15.0 Å². The average Bonchev–Trinajstić information content (AvgIpc) is 3.33. The van der Waals surface area contributed by atoms with Crippen LogP contribution < -0.4 is 11.1 Å². The van der Waals surface area contributed by atoms with E-state index in [-0.39, 0.29) is 37.5 Å². The van der Waals surface area contributed by atoms with Crippen LogP contribution in [0, 0.1) is 5.82 Å². The van der Waals surface area contributed by atoms with Crippen LogP contribution >= 0.6 is 0 Å². The third-order valence-electron chi connectivity index (χ3n) is 4.77. The molecule has 1 unspecified atom stereocenters. The van der Waals surface area contributed by atoms with Crippen LogP contribution in [0.1, 0.15) is 37.9 Å². The second kappa shape index (κ2) is 13.7. The zero-order valence-electron chi connectivity index (χ0n) is 19.9. The number of halogens is 1. The van der Waals surface area contributed by atoms with Gasteiger partial charge in [-0.1, -0.05) is 68.4 Å². The molecular weight excluding hydrogens is 439 g/mol. The standard InChI is InChI=1S/C23H25FN4O4.C2H6/c1-15(17-8-9-18(19(24)12-17)16-6-4-3-5-7-16)20-13-21(32-28-20)27-23(25)26-10-11-31-14-22(29)30-2;1-2/h3-9,12-13,15H,10-11,14H2,1-2H3,(H3,25,26,27);1-2H3. The van der Waals surface area contributed by atoms with Gasteiger partial charge < -0.3 is 19.7 Å². The summed E-state index contributed by atoms with van der Waals surface area (Å²) in [5.74, 6) is -0.532. The van der Waals surface area contributed by atoms with Crippen LogP contribution in [0.25, 0.3) is 11.1 Å². The lowest BCUT2D eigenvalue weighted by atomic mass is 9.95. The minimum Gasteiger partial charge on any atom is -0.467 e. The topological polar surface area (TPSA) is 112 Å². The number of methoxy groups -OCH3 is 1. The monoisotopic (exact) mass is 470 g/mol. The number of ether oxygens (including phenoxy) is 2. The van der Waals surface area contributed by atoms with Crippen molar-refractivity contribution in [3.05, 3.63) is 71.7 Å². The van der Waals surface area contributed by atoms with E-state index in [1.54, 1.807) is 12.1 Å². The lowest BCUT2D eigenvalue weighted by molar-refractivity contribution is -0.145. The Kier molecular flexibility index (Phi) is 10.7. The number of nitrogens with two attached hydrogens (primary N) is 1. The van der Waals surface area contributed by atoms with Crippen LogP contribution in [-0.2, 0) is 14.3 Å². The average molecular weight is 471 g/mol. The predicted molar refractivity (Wildman–Crippen MR) is 130 cm³/mol. The van der Waals surface area contributed by atoms with E-state index < -0.39 is 5.97 Å². The Morgan fingerprint density at radius 2 is 1.94 bits per heavy atom. The highest BCUT2D eigenvalue weighted by molar-refractivity contribution is 5.90. The molecular formula is C25H31FN4O4. The Hall–Kier alpha value is -3.72. The Morgan fingerprint density at radius 3 is 2.62 bits per heavy atom. The number of esters is 1. The molecule has 0 radical (unpaired) electrons. The second-order valence-electron chi connectivity index (χ2n) is 6.96. The van der Waals surface area contributed by atoms with E-state index in [0.717, 1.165) is 11.1 Å². The first kappa shape index (κ1) is 26.5. The number of rotatable bonds is 9. The van der Waals surface area contributed by atoms with E-state index in [0.29, 0.717) is 17.1 Å². The van der Waals surface area contributed by atoms with Gasteiger partial charge in [0.05, 0.1) is 26.0 Å². The van der Waals surface area contributed by atoms with Gasteiger partial charge in [-0.2, -0.15) is 0 Å². The van der Waals surface area contributed by atoms with Crippen molar-refractivity contribution >= 4 is 17.8 Å². The van der Waals surface area contributed by atoms with E-state index in [1.165, 1.54) is 13.2 Å². The van der Waals surface area contributed by atoms with Crippen molar-refractivity contribution in [2.24, 2.45) is 10.7 Å². The van der Waals surface area contributed by atoms with Gasteiger partial charge in [-0.3, -0.25) is 10.3 Å². The van der Waals surface area contributed by atoms with Gasteiger partial charge >= 0.3 is 5.97 Å². The molecule has 0 aliphatic heterocycles. The summed E-state index contributed by atoms with van der Waals surface area (Å²) in [5.41, 5.74) is 8.57. The number of guanidine groups is 1. The van der Waals surface area contributed by atoms with Crippen LogP contribution in [0.4, 0.5) is 10.3 Å². The lowest BCUT2D eigenvalue weighted by Crippen LogP contribution is -2.23. The Morgan fingerprint density at radius 1 is 1.21 bits per heavy atom. The molecule has 9 heteroatoms. The number of aliphatic imine (C=N–C) groups is 1. The normalized spacial score (nSPS) is 11.9. The maximum absolute atomic E-state index is 14.7. The fourth-order valence-electron chi connectivity index (χ4n) is 2.99. The van der Waals surface area contributed by atoms with Gasteiger partial charge in [0.1, 0.15) is 12.4 Å². The van der Waals surface area contributed by atoms with Crippen molar-refractivity contribution in [2.45, 2.75) is 26.7 Å². The van der Waals surface area contributed by atoms with Crippen molar-refractivity contribution in [2.75, 3.05) is 32.2 Å². The number of anilines is 1. The summed E-state index contributed by atoms with van der Waals surface area (Å²) in [6, 6.07) is 16.2. The summed E-state index contributed by atoms with van der Waals surface area (Å²) in [4.78, 5) is 15.0. The molecule has 34 heavy (non-hydrogen) atoms. The third-order valence-corrected chi connectivity index (χ3v) is 4.77. The molecule has 0 aliphatic rings. The number of hydrogen-bond donors (Lipinski definition) is 2. The van der Waals surface area contributed by atoms with Gasteiger partial charge in [0.2, 0.25) is 5.88 Å². The highest BCUT2D eigenvalue weighted by atomic mass is 19.1. The summed E-state index contributed by atoms with van der Waals surface area (Å²) in [6.07, 6.45) is 0. The molecule has 3 aromatic rings. The molecule has 0 aliphatic carbocycles. The number of carbonyl (C=O) groups excluding carboxylic acids is 1. The molecule has 8 nitrogen and oxygen atoms in total.